The highest BCUT2D eigenvalue weighted by Gasteiger charge is 2.38. The van der Waals surface area contributed by atoms with Crippen molar-refractivity contribution in [1.82, 2.24) is 14.3 Å². The Bertz CT molecular complexity index is 1080. The monoisotopic (exact) mass is 509 g/mol. The molecule has 1 heterocycles. The molecule has 1 aliphatic heterocycles. The summed E-state index contributed by atoms with van der Waals surface area (Å²) in [5, 5.41) is 3.07. The van der Waals surface area contributed by atoms with Crippen molar-refractivity contribution < 1.29 is 39.6 Å². The summed E-state index contributed by atoms with van der Waals surface area (Å²) in [5.41, 5.74) is -3.92. The molecule has 0 unspecified atom stereocenters. The second-order valence-electron chi connectivity index (χ2n) is 7.74. The molecule has 0 aliphatic carbocycles. The van der Waals surface area contributed by atoms with E-state index < -0.39 is 51.2 Å². The molecule has 186 valence electrons. The van der Waals surface area contributed by atoms with Crippen LogP contribution in [0.4, 0.5) is 26.3 Å². The first-order chi connectivity index (χ1) is 15.8. The molecule has 0 radical (unpaired) electrons. The fourth-order valence-electron chi connectivity index (χ4n) is 3.59. The zero-order chi connectivity index (χ0) is 25.1. The predicted octanol–water partition coefficient (Wildman–Crippen LogP) is 3.95. The highest BCUT2D eigenvalue weighted by Crippen LogP contribution is 2.36. The molecule has 34 heavy (non-hydrogen) atoms. The van der Waals surface area contributed by atoms with E-state index in [1.54, 1.807) is 35.1 Å². The van der Waals surface area contributed by atoms with Gasteiger partial charge in [0.1, 0.15) is 0 Å². The maximum absolute atomic E-state index is 13.1. The molecule has 0 aromatic heterocycles. The molecule has 0 spiro atoms. The first-order valence-electron chi connectivity index (χ1n) is 10.2. The number of carbonyl (C=O) groups excluding carboxylic acids is 1. The van der Waals surface area contributed by atoms with Crippen molar-refractivity contribution in [1.29, 1.82) is 0 Å². The first-order valence-corrected chi connectivity index (χ1v) is 11.6. The summed E-state index contributed by atoms with van der Waals surface area (Å²) in [4.78, 5) is 12.6. The Morgan fingerprint density at radius 3 is 1.97 bits per heavy atom. The normalized spacial score (nSPS) is 16.0. The number of nitrogens with zero attached hydrogens (tertiary/aromatic N) is 1. The highest BCUT2D eigenvalue weighted by atomic mass is 32.2. The van der Waals surface area contributed by atoms with Gasteiger partial charge in [-0.15, -0.1) is 0 Å². The number of benzene rings is 2. The molecule has 2 aromatic rings. The Morgan fingerprint density at radius 2 is 1.47 bits per heavy atom. The van der Waals surface area contributed by atoms with E-state index in [4.69, 9.17) is 0 Å². The van der Waals surface area contributed by atoms with Crippen LogP contribution in [0.2, 0.25) is 0 Å². The smallest absolute Gasteiger partial charge is 0.317 e. The minimum atomic E-state index is -5.18. The van der Waals surface area contributed by atoms with Crippen molar-refractivity contribution in [3.05, 3.63) is 70.8 Å². The number of piperidine rings is 1. The third-order valence-electron chi connectivity index (χ3n) is 5.28. The second-order valence-corrected chi connectivity index (χ2v) is 9.37. The van der Waals surface area contributed by atoms with E-state index in [-0.39, 0.29) is 24.7 Å². The molecule has 0 atom stereocenters. The van der Waals surface area contributed by atoms with Crippen LogP contribution in [0.25, 0.3) is 0 Å². The number of nitrogens with one attached hydrogen (secondary N) is 2. The van der Waals surface area contributed by atoms with Crippen LogP contribution in [0.15, 0.2) is 48.5 Å². The number of alkyl halides is 6. The Hall–Kier alpha value is -2.64. The largest absolute Gasteiger partial charge is 0.416 e. The number of hydrogen-bond acceptors (Lipinski definition) is 4. The van der Waals surface area contributed by atoms with Crippen LogP contribution in [-0.2, 0) is 29.1 Å². The lowest BCUT2D eigenvalue weighted by atomic mass is 10.0. The van der Waals surface area contributed by atoms with Gasteiger partial charge in [0.2, 0.25) is 0 Å². The number of halogens is 6. The van der Waals surface area contributed by atoms with Gasteiger partial charge in [-0.05, 0) is 49.7 Å². The average molecular weight is 509 g/mol. The van der Waals surface area contributed by atoms with Gasteiger partial charge in [0.25, 0.3) is 5.91 Å². The summed E-state index contributed by atoms with van der Waals surface area (Å²) in [6, 6.07) is 8.12. The number of hydrogen-bond donors (Lipinski definition) is 2. The number of rotatable bonds is 6. The van der Waals surface area contributed by atoms with Crippen molar-refractivity contribution in [3.8, 4) is 0 Å². The van der Waals surface area contributed by atoms with Crippen molar-refractivity contribution >= 4 is 16.1 Å². The first kappa shape index (κ1) is 26.0. The number of amides is 1. The van der Waals surface area contributed by atoms with Crippen LogP contribution >= 0.6 is 0 Å². The van der Waals surface area contributed by atoms with Crippen LogP contribution in [0.1, 0.15) is 39.9 Å². The SMILES string of the molecule is O=C(NS(=O)(=O)N(Cc1ccccc1)C1CCNCC1)c1cc(C(F)(F)F)cc(C(F)(F)F)c1. The fourth-order valence-corrected chi connectivity index (χ4v) is 4.98. The van der Waals surface area contributed by atoms with Crippen molar-refractivity contribution in [2.45, 2.75) is 37.8 Å². The van der Waals surface area contributed by atoms with Gasteiger partial charge in [-0.3, -0.25) is 4.79 Å². The quantitative estimate of drug-likeness (QED) is 0.579. The summed E-state index contributed by atoms with van der Waals surface area (Å²) in [7, 11) is -4.62. The topological polar surface area (TPSA) is 78.5 Å². The zero-order valence-corrected chi connectivity index (χ0v) is 18.4. The Labute approximate surface area is 192 Å². The second kappa shape index (κ2) is 9.92. The molecule has 1 aliphatic rings. The molecule has 1 saturated heterocycles. The van der Waals surface area contributed by atoms with E-state index in [0.717, 1.165) is 4.31 Å². The minimum Gasteiger partial charge on any atom is -0.317 e. The Morgan fingerprint density at radius 1 is 0.941 bits per heavy atom. The molecule has 2 aromatic carbocycles. The Kier molecular flexibility index (Phi) is 7.58. The summed E-state index contributed by atoms with van der Waals surface area (Å²) in [6.45, 7) is 0.870. The summed E-state index contributed by atoms with van der Waals surface area (Å²) < 4.78 is 108. The Balaban J connectivity index is 1.94. The number of carbonyl (C=O) groups is 1. The van der Waals surface area contributed by atoms with E-state index in [9.17, 15) is 39.6 Å². The van der Waals surface area contributed by atoms with Gasteiger partial charge >= 0.3 is 22.6 Å². The van der Waals surface area contributed by atoms with Gasteiger partial charge in [-0.1, -0.05) is 30.3 Å². The van der Waals surface area contributed by atoms with Gasteiger partial charge in [-0.25, -0.2) is 4.72 Å². The maximum Gasteiger partial charge on any atom is 0.416 e. The van der Waals surface area contributed by atoms with E-state index in [1.807, 2.05) is 0 Å². The molecule has 3 rings (SSSR count). The van der Waals surface area contributed by atoms with Gasteiger partial charge in [0.05, 0.1) is 11.1 Å². The lowest BCUT2D eigenvalue weighted by Crippen LogP contribution is -2.51. The van der Waals surface area contributed by atoms with Crippen LogP contribution in [0.5, 0.6) is 0 Å². The lowest BCUT2D eigenvalue weighted by Gasteiger charge is -2.33. The van der Waals surface area contributed by atoms with E-state index >= 15 is 0 Å². The molecule has 13 heteroatoms. The highest BCUT2D eigenvalue weighted by molar-refractivity contribution is 7.87. The molecular weight excluding hydrogens is 488 g/mol. The van der Waals surface area contributed by atoms with Crippen molar-refractivity contribution in [2.24, 2.45) is 0 Å². The molecule has 0 bridgehead atoms. The van der Waals surface area contributed by atoms with Crippen molar-refractivity contribution in [3.63, 3.8) is 0 Å². The summed E-state index contributed by atoms with van der Waals surface area (Å²) in [6.07, 6.45) is -9.54. The minimum absolute atomic E-state index is 0.134. The maximum atomic E-state index is 13.1. The van der Waals surface area contributed by atoms with Gasteiger partial charge in [0, 0.05) is 18.2 Å². The molecule has 0 saturated carbocycles. The zero-order valence-electron chi connectivity index (χ0n) is 17.6. The average Bonchev–Trinajstić information content (AvgIpc) is 2.77. The van der Waals surface area contributed by atoms with E-state index in [2.05, 4.69) is 5.32 Å². The van der Waals surface area contributed by atoms with Gasteiger partial charge < -0.3 is 5.32 Å². The van der Waals surface area contributed by atoms with Crippen molar-refractivity contribution in [2.75, 3.05) is 13.1 Å². The summed E-state index contributed by atoms with van der Waals surface area (Å²) >= 11 is 0. The van der Waals surface area contributed by atoms with Crippen LogP contribution in [0.3, 0.4) is 0 Å². The van der Waals surface area contributed by atoms with E-state index in [0.29, 0.717) is 31.5 Å². The molecule has 1 fully saturated rings. The van der Waals surface area contributed by atoms with Gasteiger partial charge in [-0.2, -0.15) is 39.1 Å². The third-order valence-corrected chi connectivity index (χ3v) is 6.77. The third kappa shape index (κ3) is 6.48. The molecule has 2 N–H and O–H groups in total. The molecule has 6 nitrogen and oxygen atoms in total. The van der Waals surface area contributed by atoms with Crippen LogP contribution in [-0.4, -0.2) is 37.8 Å². The summed E-state index contributed by atoms with van der Waals surface area (Å²) in [5.74, 6) is -1.59. The fraction of sp³-hybridized carbons (Fsp3) is 0.381. The standard InChI is InChI=1S/C21H21F6N3O3S/c22-20(23,24)16-10-15(11-17(12-16)21(25,26)27)19(31)29-34(32,33)30(18-6-8-28-9-7-18)13-14-4-2-1-3-5-14/h1-5,10-12,18,28H,6-9,13H2,(H,29,31). The van der Waals surface area contributed by atoms with E-state index in [1.165, 1.54) is 0 Å². The van der Waals surface area contributed by atoms with Crippen LogP contribution < -0.4 is 10.0 Å². The molecular formula is C21H21F6N3O3S. The van der Waals surface area contributed by atoms with Crippen LogP contribution in [0, 0.1) is 0 Å². The van der Waals surface area contributed by atoms with Gasteiger partial charge in [0.15, 0.2) is 0 Å². The molecule has 1 amide bonds. The lowest BCUT2D eigenvalue weighted by molar-refractivity contribution is -0.143. The predicted molar refractivity (Wildman–Crippen MR) is 111 cm³/mol.